The van der Waals surface area contributed by atoms with Crippen LogP contribution < -0.4 is 5.32 Å². The van der Waals surface area contributed by atoms with E-state index in [2.05, 4.69) is 36.5 Å². The molecule has 0 aliphatic carbocycles. The molecule has 1 aromatic heterocycles. The minimum atomic E-state index is -3.50. The largest absolute Gasteiger partial charge is 0.355 e. The van der Waals surface area contributed by atoms with Crippen LogP contribution in [0, 0.1) is 19.8 Å². The van der Waals surface area contributed by atoms with Crippen LogP contribution in [-0.4, -0.2) is 44.0 Å². The topological polar surface area (TPSA) is 66.5 Å². The molecule has 152 valence electrons. The fourth-order valence-electron chi connectivity index (χ4n) is 3.17. The van der Waals surface area contributed by atoms with E-state index in [1.54, 1.807) is 17.8 Å². The fourth-order valence-corrected chi connectivity index (χ4v) is 6.90. The van der Waals surface area contributed by atoms with Crippen LogP contribution in [0.15, 0.2) is 45.5 Å². The van der Waals surface area contributed by atoms with E-state index < -0.39 is 10.0 Å². The number of hydrogen-bond donors (Lipinski definition) is 1. The van der Waals surface area contributed by atoms with Crippen LogP contribution in [0.1, 0.15) is 23.3 Å². The van der Waals surface area contributed by atoms with E-state index >= 15 is 0 Å². The van der Waals surface area contributed by atoms with Gasteiger partial charge >= 0.3 is 0 Å². The van der Waals surface area contributed by atoms with E-state index in [0.29, 0.717) is 23.7 Å². The van der Waals surface area contributed by atoms with Gasteiger partial charge in [-0.3, -0.25) is 4.79 Å². The van der Waals surface area contributed by atoms with Gasteiger partial charge in [0.05, 0.1) is 5.92 Å². The lowest BCUT2D eigenvalue weighted by Gasteiger charge is -2.30. The molecule has 3 rings (SSSR count). The first-order valence-corrected chi connectivity index (χ1v) is 12.6. The zero-order valence-corrected chi connectivity index (χ0v) is 18.6. The van der Waals surface area contributed by atoms with Crippen molar-refractivity contribution >= 4 is 39.0 Å². The summed E-state index contributed by atoms with van der Waals surface area (Å²) < 4.78 is 27.4. The summed E-state index contributed by atoms with van der Waals surface area (Å²) in [5.74, 6) is 0.457. The summed E-state index contributed by atoms with van der Waals surface area (Å²) in [5.41, 5.74) is 1.23. The normalized spacial score (nSPS) is 18.1. The van der Waals surface area contributed by atoms with Gasteiger partial charge in [0, 0.05) is 35.2 Å². The van der Waals surface area contributed by atoms with E-state index in [1.165, 1.54) is 26.1 Å². The molecule has 0 saturated carbocycles. The minimum absolute atomic E-state index is 0.0493. The minimum Gasteiger partial charge on any atom is -0.355 e. The highest BCUT2D eigenvalue weighted by atomic mass is 32.2. The zero-order chi connectivity index (χ0) is 20.1. The molecule has 1 amide bonds. The number of sulfonamides is 1. The lowest BCUT2D eigenvalue weighted by Crippen LogP contribution is -2.45. The summed E-state index contributed by atoms with van der Waals surface area (Å²) in [5, 5.41) is 2.97. The molecule has 1 atom stereocenters. The lowest BCUT2D eigenvalue weighted by molar-refractivity contribution is -0.125. The maximum absolute atomic E-state index is 12.8. The molecule has 2 aromatic rings. The Hall–Kier alpha value is -1.35. The Morgan fingerprint density at radius 2 is 1.96 bits per heavy atom. The predicted molar refractivity (Wildman–Crippen MR) is 115 cm³/mol. The number of amides is 1. The number of aryl methyl sites for hydroxylation is 2. The number of carbonyl (C=O) groups is 1. The quantitative estimate of drug-likeness (QED) is 0.529. The molecule has 1 N–H and O–H groups in total. The Morgan fingerprint density at radius 1 is 1.21 bits per heavy atom. The highest BCUT2D eigenvalue weighted by molar-refractivity contribution is 7.99. The molecule has 1 aromatic carbocycles. The molecule has 5 nitrogen and oxygen atoms in total. The molecule has 28 heavy (non-hydrogen) atoms. The molecule has 0 unspecified atom stereocenters. The fraction of sp³-hybridized carbons (Fsp3) is 0.450. The van der Waals surface area contributed by atoms with Crippen LogP contribution in [0.25, 0.3) is 0 Å². The molecule has 8 heteroatoms. The average molecular weight is 439 g/mol. The molecule has 1 aliphatic rings. The van der Waals surface area contributed by atoms with Gasteiger partial charge in [-0.1, -0.05) is 17.7 Å². The van der Waals surface area contributed by atoms with Crippen molar-refractivity contribution in [1.29, 1.82) is 0 Å². The van der Waals surface area contributed by atoms with Crippen molar-refractivity contribution in [2.75, 3.05) is 25.4 Å². The first kappa shape index (κ1) is 21.4. The zero-order valence-electron chi connectivity index (χ0n) is 16.2. The number of piperidine rings is 1. The summed E-state index contributed by atoms with van der Waals surface area (Å²) in [6, 6.07) is 11.8. The Balaban J connectivity index is 1.49. The first-order valence-electron chi connectivity index (χ1n) is 9.40. The predicted octanol–water partition coefficient (Wildman–Crippen LogP) is 3.67. The Bertz CT molecular complexity index is 907. The summed E-state index contributed by atoms with van der Waals surface area (Å²) in [7, 11) is -3.50. The van der Waals surface area contributed by atoms with Gasteiger partial charge in [0.25, 0.3) is 10.0 Å². The van der Waals surface area contributed by atoms with E-state index in [-0.39, 0.29) is 18.4 Å². The highest BCUT2D eigenvalue weighted by Crippen LogP contribution is 2.28. The Morgan fingerprint density at radius 3 is 2.64 bits per heavy atom. The monoisotopic (exact) mass is 438 g/mol. The standard InChI is InChI=1S/C20H26N2O3S3/c1-15-5-8-18(9-6-15)26-13-11-21-20(23)17-4-3-12-22(14-17)28(24,25)19-10-7-16(2)27-19/h5-10,17H,3-4,11-14H2,1-2H3,(H,21,23)/t17-/m1/s1. The second-order valence-electron chi connectivity index (χ2n) is 7.02. The maximum atomic E-state index is 12.8. The van der Waals surface area contributed by atoms with Gasteiger partial charge < -0.3 is 5.32 Å². The van der Waals surface area contributed by atoms with Gasteiger partial charge in [-0.2, -0.15) is 4.31 Å². The van der Waals surface area contributed by atoms with Crippen LogP contribution in [0.5, 0.6) is 0 Å². The molecule has 0 bridgehead atoms. The SMILES string of the molecule is Cc1ccc(SCCNC(=O)[C@@H]2CCCN(S(=O)(=O)c3ccc(C)s3)C2)cc1. The third kappa shape index (κ3) is 5.37. The molecular weight excluding hydrogens is 412 g/mol. The van der Waals surface area contributed by atoms with Crippen LogP contribution in [0.3, 0.4) is 0 Å². The van der Waals surface area contributed by atoms with Crippen molar-refractivity contribution in [3.63, 3.8) is 0 Å². The average Bonchev–Trinajstić information content (AvgIpc) is 3.14. The molecule has 0 radical (unpaired) electrons. The van der Waals surface area contributed by atoms with E-state index in [9.17, 15) is 13.2 Å². The molecule has 0 spiro atoms. The molecule has 1 aliphatic heterocycles. The smallest absolute Gasteiger partial charge is 0.252 e. The van der Waals surface area contributed by atoms with Crippen molar-refractivity contribution in [3.05, 3.63) is 46.8 Å². The number of rotatable bonds is 7. The number of carbonyl (C=O) groups excluding carboxylic acids is 1. The summed E-state index contributed by atoms with van der Waals surface area (Å²) in [6.45, 7) is 5.26. The van der Waals surface area contributed by atoms with Gasteiger partial charge in [0.2, 0.25) is 5.91 Å². The van der Waals surface area contributed by atoms with Gasteiger partial charge in [0.1, 0.15) is 4.21 Å². The van der Waals surface area contributed by atoms with Crippen molar-refractivity contribution in [3.8, 4) is 0 Å². The van der Waals surface area contributed by atoms with E-state index in [0.717, 1.165) is 17.1 Å². The number of hydrogen-bond acceptors (Lipinski definition) is 5. The van der Waals surface area contributed by atoms with Gasteiger partial charge in [-0.25, -0.2) is 8.42 Å². The van der Waals surface area contributed by atoms with Crippen LogP contribution >= 0.6 is 23.1 Å². The van der Waals surface area contributed by atoms with Crippen molar-refractivity contribution < 1.29 is 13.2 Å². The van der Waals surface area contributed by atoms with Crippen LogP contribution in [0.2, 0.25) is 0 Å². The number of thioether (sulfide) groups is 1. The number of thiophene rings is 1. The summed E-state index contributed by atoms with van der Waals surface area (Å²) in [4.78, 5) is 14.7. The first-order chi connectivity index (χ1) is 13.4. The van der Waals surface area contributed by atoms with Gasteiger partial charge in [-0.05, 0) is 51.0 Å². The number of benzene rings is 1. The van der Waals surface area contributed by atoms with Crippen molar-refractivity contribution in [2.45, 2.75) is 35.8 Å². The second-order valence-corrected chi connectivity index (χ2v) is 11.6. The maximum Gasteiger partial charge on any atom is 0.252 e. The third-order valence-corrected chi connectivity index (χ3v) is 9.10. The van der Waals surface area contributed by atoms with Crippen LogP contribution in [-0.2, 0) is 14.8 Å². The Labute approximate surface area is 175 Å². The van der Waals surface area contributed by atoms with E-state index in [1.807, 2.05) is 13.0 Å². The number of nitrogens with zero attached hydrogens (tertiary/aromatic N) is 1. The lowest BCUT2D eigenvalue weighted by atomic mass is 9.99. The van der Waals surface area contributed by atoms with Crippen LogP contribution in [0.4, 0.5) is 0 Å². The van der Waals surface area contributed by atoms with Crippen molar-refractivity contribution in [2.24, 2.45) is 5.92 Å². The van der Waals surface area contributed by atoms with Crippen molar-refractivity contribution in [1.82, 2.24) is 9.62 Å². The van der Waals surface area contributed by atoms with E-state index in [4.69, 9.17) is 0 Å². The molecular formula is C20H26N2O3S3. The summed E-state index contributed by atoms with van der Waals surface area (Å²) >= 11 is 2.98. The van der Waals surface area contributed by atoms with Gasteiger partial charge in [0.15, 0.2) is 0 Å². The Kier molecular flexibility index (Phi) is 7.20. The van der Waals surface area contributed by atoms with Gasteiger partial charge in [-0.15, -0.1) is 23.1 Å². The number of nitrogens with one attached hydrogen (secondary N) is 1. The molecule has 2 heterocycles. The summed E-state index contributed by atoms with van der Waals surface area (Å²) in [6.07, 6.45) is 1.44. The highest BCUT2D eigenvalue weighted by Gasteiger charge is 2.33. The molecule has 1 saturated heterocycles. The second kappa shape index (κ2) is 9.43. The molecule has 1 fully saturated rings. The third-order valence-electron chi connectivity index (χ3n) is 4.76.